The Hall–Kier alpha value is -2.46. The molecule has 0 saturated heterocycles. The van der Waals surface area contributed by atoms with Gasteiger partial charge in [-0.3, -0.25) is 9.79 Å². The van der Waals surface area contributed by atoms with Crippen LogP contribution in [0.25, 0.3) is 0 Å². The van der Waals surface area contributed by atoms with Gasteiger partial charge in [-0.15, -0.1) is 0 Å². The van der Waals surface area contributed by atoms with Crippen molar-refractivity contribution in [3.8, 4) is 0 Å². The van der Waals surface area contributed by atoms with Crippen molar-refractivity contribution < 1.29 is 9.45 Å². The molecular weight excluding hydrogens is 333 g/mol. The Labute approximate surface area is 162 Å². The van der Waals surface area contributed by atoms with Gasteiger partial charge in [0.25, 0.3) is 0 Å². The SMILES string of the molecule is CCCCC(OB(c1ccccc1)c1ccc(C=O)cc1)C1CC=CC=N1. The van der Waals surface area contributed by atoms with Crippen LogP contribution in [0, 0.1) is 0 Å². The predicted octanol–water partition coefficient (Wildman–Crippen LogP) is 3.58. The van der Waals surface area contributed by atoms with E-state index in [-0.39, 0.29) is 19.1 Å². The number of dihydropyridines is 1. The van der Waals surface area contributed by atoms with Crippen molar-refractivity contribution in [2.24, 2.45) is 4.99 Å². The summed E-state index contributed by atoms with van der Waals surface area (Å²) < 4.78 is 6.70. The molecule has 0 aliphatic carbocycles. The van der Waals surface area contributed by atoms with Gasteiger partial charge in [-0.2, -0.15) is 0 Å². The molecule has 138 valence electrons. The maximum absolute atomic E-state index is 11.0. The lowest BCUT2D eigenvalue weighted by atomic mass is 9.55. The number of allylic oxidation sites excluding steroid dienone is 1. The van der Waals surface area contributed by atoms with Crippen LogP contribution in [-0.2, 0) is 4.65 Å². The highest BCUT2D eigenvalue weighted by molar-refractivity contribution is 6.80. The number of benzene rings is 2. The van der Waals surface area contributed by atoms with E-state index < -0.39 is 0 Å². The molecule has 0 aromatic heterocycles. The molecular formula is C23H26BNO2. The molecule has 3 nitrogen and oxygen atoms in total. The van der Waals surface area contributed by atoms with Gasteiger partial charge in [0, 0.05) is 11.8 Å². The molecule has 27 heavy (non-hydrogen) atoms. The second kappa shape index (κ2) is 10.0. The highest BCUT2D eigenvalue weighted by atomic mass is 16.4. The molecule has 3 rings (SSSR count). The maximum Gasteiger partial charge on any atom is 0.361 e. The van der Waals surface area contributed by atoms with Crippen molar-refractivity contribution >= 4 is 30.3 Å². The molecule has 2 aromatic rings. The normalized spacial score (nSPS) is 16.9. The average molecular weight is 359 g/mol. The van der Waals surface area contributed by atoms with E-state index in [0.29, 0.717) is 5.56 Å². The van der Waals surface area contributed by atoms with Gasteiger partial charge >= 0.3 is 6.92 Å². The van der Waals surface area contributed by atoms with E-state index in [1.165, 1.54) is 0 Å². The van der Waals surface area contributed by atoms with E-state index in [9.17, 15) is 4.79 Å². The summed E-state index contributed by atoms with van der Waals surface area (Å²) >= 11 is 0. The number of carbonyl (C=O) groups is 1. The summed E-state index contributed by atoms with van der Waals surface area (Å²) in [5.41, 5.74) is 2.85. The third-order valence-corrected chi connectivity index (χ3v) is 4.94. The number of hydrogen-bond donors (Lipinski definition) is 0. The largest absolute Gasteiger partial charge is 0.422 e. The van der Waals surface area contributed by atoms with Crippen molar-refractivity contribution in [2.45, 2.75) is 44.8 Å². The minimum atomic E-state index is -0.171. The molecule has 0 spiro atoms. The summed E-state index contributed by atoms with van der Waals surface area (Å²) in [4.78, 5) is 15.7. The number of hydrogen-bond acceptors (Lipinski definition) is 3. The van der Waals surface area contributed by atoms with Gasteiger partial charge in [0.2, 0.25) is 0 Å². The number of nitrogens with zero attached hydrogens (tertiary/aromatic N) is 1. The second-order valence-corrected chi connectivity index (χ2v) is 6.92. The summed E-state index contributed by atoms with van der Waals surface area (Å²) in [6.07, 6.45) is 11.1. The smallest absolute Gasteiger partial charge is 0.361 e. The minimum absolute atomic E-state index is 0.0575. The van der Waals surface area contributed by atoms with Gasteiger partial charge in [-0.25, -0.2) is 0 Å². The highest BCUT2D eigenvalue weighted by Gasteiger charge is 2.29. The molecule has 1 aliphatic rings. The van der Waals surface area contributed by atoms with Gasteiger partial charge in [0.1, 0.15) is 6.29 Å². The molecule has 0 radical (unpaired) electrons. The second-order valence-electron chi connectivity index (χ2n) is 6.92. The Morgan fingerprint density at radius 2 is 1.89 bits per heavy atom. The lowest BCUT2D eigenvalue weighted by Crippen LogP contribution is -2.49. The molecule has 0 bridgehead atoms. The molecule has 2 unspecified atom stereocenters. The molecule has 0 amide bonds. The van der Waals surface area contributed by atoms with Crippen molar-refractivity contribution in [3.05, 3.63) is 72.3 Å². The summed E-state index contributed by atoms with van der Waals surface area (Å²) in [6.45, 7) is 2.03. The molecule has 0 fully saturated rings. The Bertz CT molecular complexity index is 771. The Kier molecular flexibility index (Phi) is 7.17. The van der Waals surface area contributed by atoms with Crippen LogP contribution in [0.2, 0.25) is 0 Å². The van der Waals surface area contributed by atoms with Gasteiger partial charge in [0.05, 0.1) is 12.1 Å². The topological polar surface area (TPSA) is 38.7 Å². The van der Waals surface area contributed by atoms with Crippen LogP contribution in [0.15, 0.2) is 71.7 Å². The fraction of sp³-hybridized carbons (Fsp3) is 0.304. The average Bonchev–Trinajstić information content (AvgIpc) is 2.75. The predicted molar refractivity (Wildman–Crippen MR) is 114 cm³/mol. The number of carbonyl (C=O) groups excluding carboxylic acids is 1. The molecule has 1 heterocycles. The zero-order valence-electron chi connectivity index (χ0n) is 15.8. The van der Waals surface area contributed by atoms with E-state index in [2.05, 4.69) is 30.1 Å². The first-order chi connectivity index (χ1) is 13.3. The van der Waals surface area contributed by atoms with E-state index in [4.69, 9.17) is 4.65 Å². The van der Waals surface area contributed by atoms with Crippen LogP contribution in [-0.4, -0.2) is 31.6 Å². The highest BCUT2D eigenvalue weighted by Crippen LogP contribution is 2.18. The van der Waals surface area contributed by atoms with Crippen LogP contribution in [0.4, 0.5) is 0 Å². The lowest BCUT2D eigenvalue weighted by Gasteiger charge is -2.29. The molecule has 2 aromatic carbocycles. The molecule has 1 aliphatic heterocycles. The third kappa shape index (κ3) is 5.27. The Morgan fingerprint density at radius 1 is 1.15 bits per heavy atom. The monoisotopic (exact) mass is 359 g/mol. The number of unbranched alkanes of at least 4 members (excludes halogenated alkanes) is 1. The first-order valence-electron chi connectivity index (χ1n) is 9.75. The molecule has 4 heteroatoms. The van der Waals surface area contributed by atoms with Gasteiger partial charge in [-0.05, 0) is 29.8 Å². The van der Waals surface area contributed by atoms with E-state index in [1.807, 2.05) is 54.8 Å². The first-order valence-corrected chi connectivity index (χ1v) is 9.75. The molecule has 0 N–H and O–H groups in total. The van der Waals surface area contributed by atoms with Crippen LogP contribution < -0.4 is 10.9 Å². The summed E-state index contributed by atoms with van der Waals surface area (Å²) in [6, 6.07) is 18.1. The van der Waals surface area contributed by atoms with Crippen LogP contribution >= 0.6 is 0 Å². The van der Waals surface area contributed by atoms with Crippen molar-refractivity contribution in [1.29, 1.82) is 0 Å². The lowest BCUT2D eigenvalue weighted by molar-refractivity contribution is 0.112. The van der Waals surface area contributed by atoms with Gasteiger partial charge < -0.3 is 4.65 Å². The van der Waals surface area contributed by atoms with E-state index in [1.54, 1.807) is 0 Å². The molecule has 2 atom stereocenters. The Balaban J connectivity index is 1.88. The third-order valence-electron chi connectivity index (χ3n) is 4.94. The van der Waals surface area contributed by atoms with Crippen molar-refractivity contribution in [2.75, 3.05) is 0 Å². The van der Waals surface area contributed by atoms with Crippen molar-refractivity contribution in [3.63, 3.8) is 0 Å². The fourth-order valence-corrected chi connectivity index (χ4v) is 3.41. The standard InChI is InChI=1S/C23H26BNO2/c1-2-3-12-23(22-11-7-8-17-25-22)27-24(20-9-5-4-6-10-20)21-15-13-19(18-26)14-16-21/h4-10,13-18,22-23H,2-3,11-12H2,1H3. The fourth-order valence-electron chi connectivity index (χ4n) is 3.41. The van der Waals surface area contributed by atoms with Crippen molar-refractivity contribution in [1.82, 2.24) is 0 Å². The maximum atomic E-state index is 11.0. The number of aliphatic imine (C=N–C) groups is 1. The van der Waals surface area contributed by atoms with Crippen LogP contribution in [0.3, 0.4) is 0 Å². The van der Waals surface area contributed by atoms with E-state index >= 15 is 0 Å². The van der Waals surface area contributed by atoms with Gasteiger partial charge in [0.15, 0.2) is 0 Å². The minimum Gasteiger partial charge on any atom is -0.422 e. The number of aldehydes is 1. The summed E-state index contributed by atoms with van der Waals surface area (Å²) in [5, 5.41) is 0. The van der Waals surface area contributed by atoms with Crippen LogP contribution in [0.5, 0.6) is 0 Å². The zero-order chi connectivity index (χ0) is 18.9. The summed E-state index contributed by atoms with van der Waals surface area (Å²) in [5.74, 6) is 0. The van der Waals surface area contributed by atoms with Gasteiger partial charge in [-0.1, -0.05) is 80.4 Å². The zero-order valence-corrected chi connectivity index (χ0v) is 15.8. The Morgan fingerprint density at radius 3 is 2.52 bits per heavy atom. The first kappa shape index (κ1) is 19.3. The number of rotatable bonds is 9. The quantitative estimate of drug-likeness (QED) is 0.507. The van der Waals surface area contributed by atoms with Crippen LogP contribution in [0.1, 0.15) is 43.0 Å². The van der Waals surface area contributed by atoms with E-state index in [0.717, 1.165) is 42.9 Å². The molecule has 0 saturated carbocycles. The summed E-state index contributed by atoms with van der Waals surface area (Å²) in [7, 11) is 0.